The number of hydrogen-bond donors (Lipinski definition) is 0. The lowest BCUT2D eigenvalue weighted by molar-refractivity contribution is -0.171. The summed E-state index contributed by atoms with van der Waals surface area (Å²) in [5, 5.41) is 3.96. The van der Waals surface area contributed by atoms with E-state index in [-0.39, 0.29) is 13.2 Å². The summed E-state index contributed by atoms with van der Waals surface area (Å²) in [5.41, 5.74) is 0.951. The summed E-state index contributed by atoms with van der Waals surface area (Å²) in [6, 6.07) is 0. The van der Waals surface area contributed by atoms with Crippen LogP contribution in [-0.2, 0) is 31.9 Å². The molecule has 0 fully saturated rings. The van der Waals surface area contributed by atoms with Crippen molar-refractivity contribution < 1.29 is 19.1 Å². The van der Waals surface area contributed by atoms with Crippen molar-refractivity contribution in [1.82, 2.24) is 0 Å². The molecule has 0 bridgehead atoms. The van der Waals surface area contributed by atoms with Crippen molar-refractivity contribution >= 4 is 23.3 Å². The second-order valence-corrected chi connectivity index (χ2v) is 5.04. The Morgan fingerprint density at radius 1 is 1.11 bits per heavy atom. The molecular weight excluding hydrogens is 252 g/mol. The van der Waals surface area contributed by atoms with Crippen molar-refractivity contribution in [2.75, 3.05) is 13.2 Å². The molecule has 0 aliphatic heterocycles. The van der Waals surface area contributed by atoms with Crippen LogP contribution in [0, 0.1) is 5.41 Å². The summed E-state index contributed by atoms with van der Waals surface area (Å²) in [6.45, 7) is 4.02. The maximum absolute atomic E-state index is 12.1. The quantitative estimate of drug-likeness (QED) is 0.619. The van der Waals surface area contributed by atoms with Gasteiger partial charge in [0.2, 0.25) is 0 Å². The molecule has 0 spiro atoms. The van der Waals surface area contributed by atoms with Crippen LogP contribution in [0.1, 0.15) is 25.0 Å². The first-order valence-corrected chi connectivity index (χ1v) is 6.96. The summed E-state index contributed by atoms with van der Waals surface area (Å²) in [5.74, 6) is -0.936. The van der Waals surface area contributed by atoms with Gasteiger partial charge in [0.1, 0.15) is 0 Å². The minimum absolute atomic E-state index is 0.271. The lowest BCUT2D eigenvalue weighted by Crippen LogP contribution is -2.43. The van der Waals surface area contributed by atoms with E-state index in [1.54, 1.807) is 25.2 Å². The smallest absolute Gasteiger partial charge is 0.324 e. The van der Waals surface area contributed by atoms with E-state index in [0.717, 1.165) is 11.1 Å². The molecule has 0 saturated heterocycles. The number of ether oxygens (including phenoxy) is 2. The topological polar surface area (TPSA) is 52.6 Å². The van der Waals surface area contributed by atoms with Crippen LogP contribution in [0.3, 0.4) is 0 Å². The Hall–Kier alpha value is -1.36. The molecule has 0 amide bonds. The normalized spacial score (nSPS) is 16.1. The lowest BCUT2D eigenvalue weighted by atomic mass is 9.85. The number of carbonyl (C=O) groups is 2. The Bertz CT molecular complexity index is 423. The summed E-state index contributed by atoms with van der Waals surface area (Å²) in [7, 11) is 0. The fourth-order valence-electron chi connectivity index (χ4n) is 2.28. The highest BCUT2D eigenvalue weighted by Crippen LogP contribution is 2.41. The van der Waals surface area contributed by atoms with Crippen LogP contribution in [0.2, 0.25) is 0 Å². The van der Waals surface area contributed by atoms with Crippen LogP contribution in [0.15, 0.2) is 10.8 Å². The van der Waals surface area contributed by atoms with Crippen molar-refractivity contribution in [2.24, 2.45) is 5.41 Å². The van der Waals surface area contributed by atoms with Crippen molar-refractivity contribution in [2.45, 2.75) is 26.7 Å². The first kappa shape index (κ1) is 13.1. The lowest BCUT2D eigenvalue weighted by Gasteiger charge is -2.24. The fraction of sp³-hybridized carbons (Fsp3) is 0.538. The van der Waals surface area contributed by atoms with E-state index in [0.29, 0.717) is 12.8 Å². The number of esters is 2. The van der Waals surface area contributed by atoms with Crippen LogP contribution in [0.5, 0.6) is 0 Å². The van der Waals surface area contributed by atoms with E-state index in [2.05, 4.69) is 0 Å². The summed E-state index contributed by atoms with van der Waals surface area (Å²) >= 11 is 1.59. The van der Waals surface area contributed by atoms with Crippen molar-refractivity contribution in [3.63, 3.8) is 0 Å². The number of hydrogen-bond acceptors (Lipinski definition) is 5. The second kappa shape index (κ2) is 5.10. The van der Waals surface area contributed by atoms with Gasteiger partial charge in [-0.25, -0.2) is 0 Å². The van der Waals surface area contributed by atoms with Crippen LogP contribution in [-0.4, -0.2) is 25.2 Å². The molecule has 5 heteroatoms. The maximum Gasteiger partial charge on any atom is 0.324 e. The molecule has 1 aromatic heterocycles. The van der Waals surface area contributed by atoms with Gasteiger partial charge >= 0.3 is 11.9 Å². The second-order valence-electron chi connectivity index (χ2n) is 4.30. The Kier molecular flexibility index (Phi) is 3.71. The van der Waals surface area contributed by atoms with Gasteiger partial charge in [-0.1, -0.05) is 0 Å². The fourth-order valence-corrected chi connectivity index (χ4v) is 3.15. The van der Waals surface area contributed by atoms with Gasteiger partial charge in [-0.2, -0.15) is 11.3 Å². The molecule has 0 unspecified atom stereocenters. The first-order chi connectivity index (χ1) is 8.64. The van der Waals surface area contributed by atoms with Gasteiger partial charge in [0, 0.05) is 12.8 Å². The summed E-state index contributed by atoms with van der Waals surface area (Å²) < 4.78 is 10.1. The minimum atomic E-state index is -1.16. The van der Waals surface area contributed by atoms with Gasteiger partial charge in [-0.3, -0.25) is 9.59 Å². The minimum Gasteiger partial charge on any atom is -0.465 e. The molecule has 0 saturated carbocycles. The van der Waals surface area contributed by atoms with E-state index < -0.39 is 17.4 Å². The highest BCUT2D eigenvalue weighted by atomic mass is 32.1. The molecule has 0 atom stereocenters. The molecule has 1 aliphatic carbocycles. The molecule has 98 valence electrons. The number of fused-ring (bicyclic) bond motifs is 1. The average Bonchev–Trinajstić information content (AvgIpc) is 2.87. The Morgan fingerprint density at radius 2 is 1.56 bits per heavy atom. The predicted molar refractivity (Wildman–Crippen MR) is 67.4 cm³/mol. The summed E-state index contributed by atoms with van der Waals surface area (Å²) in [6.07, 6.45) is 0.785. The standard InChI is InChI=1S/C13H16O4S/c1-3-16-11(14)13(12(15)17-4-2)5-9-7-18-8-10(9)6-13/h7-8H,3-6H2,1-2H3. The SMILES string of the molecule is CCOC(=O)C1(C(=O)OCC)Cc2cscc2C1. The number of carbonyl (C=O) groups excluding carboxylic acids is 2. The molecule has 2 rings (SSSR count). The Labute approximate surface area is 110 Å². The monoisotopic (exact) mass is 268 g/mol. The van der Waals surface area contributed by atoms with Gasteiger partial charge in [0.15, 0.2) is 5.41 Å². The average molecular weight is 268 g/mol. The molecule has 0 N–H and O–H groups in total. The van der Waals surface area contributed by atoms with Crippen LogP contribution in [0.4, 0.5) is 0 Å². The molecule has 0 radical (unpaired) electrons. The molecule has 4 nitrogen and oxygen atoms in total. The van der Waals surface area contributed by atoms with E-state index in [9.17, 15) is 9.59 Å². The molecule has 1 aliphatic rings. The molecule has 1 heterocycles. The van der Waals surface area contributed by atoms with E-state index in [4.69, 9.17) is 9.47 Å². The first-order valence-electron chi connectivity index (χ1n) is 6.02. The third-order valence-corrected chi connectivity index (χ3v) is 3.99. The molecule has 18 heavy (non-hydrogen) atoms. The molecule has 0 aromatic carbocycles. The van der Waals surface area contributed by atoms with Crippen molar-refractivity contribution in [1.29, 1.82) is 0 Å². The zero-order valence-electron chi connectivity index (χ0n) is 10.5. The number of thiophene rings is 1. The predicted octanol–water partition coefficient (Wildman–Crippen LogP) is 1.96. The third-order valence-electron chi connectivity index (χ3n) is 3.15. The van der Waals surface area contributed by atoms with Gasteiger partial charge < -0.3 is 9.47 Å². The van der Waals surface area contributed by atoms with E-state index >= 15 is 0 Å². The van der Waals surface area contributed by atoms with Crippen molar-refractivity contribution in [3.8, 4) is 0 Å². The Morgan fingerprint density at radius 3 is 1.94 bits per heavy atom. The maximum atomic E-state index is 12.1. The third kappa shape index (κ3) is 2.03. The van der Waals surface area contributed by atoms with Crippen molar-refractivity contribution in [3.05, 3.63) is 21.9 Å². The molecular formula is C13H16O4S. The van der Waals surface area contributed by atoms with Crippen LogP contribution < -0.4 is 0 Å². The van der Waals surface area contributed by atoms with E-state index in [1.807, 2.05) is 10.8 Å². The zero-order valence-corrected chi connectivity index (χ0v) is 11.3. The van der Waals surface area contributed by atoms with Crippen LogP contribution in [0.25, 0.3) is 0 Å². The highest BCUT2D eigenvalue weighted by molar-refractivity contribution is 7.08. The van der Waals surface area contributed by atoms with Gasteiger partial charge in [0.05, 0.1) is 13.2 Å². The Balaban J connectivity index is 2.28. The van der Waals surface area contributed by atoms with Gasteiger partial charge in [-0.15, -0.1) is 0 Å². The van der Waals surface area contributed by atoms with Crippen LogP contribution >= 0.6 is 11.3 Å². The largest absolute Gasteiger partial charge is 0.465 e. The molecule has 1 aromatic rings. The van der Waals surface area contributed by atoms with E-state index in [1.165, 1.54) is 0 Å². The summed E-state index contributed by atoms with van der Waals surface area (Å²) in [4.78, 5) is 24.3. The van der Waals surface area contributed by atoms with Gasteiger partial charge in [-0.05, 0) is 35.7 Å². The highest BCUT2D eigenvalue weighted by Gasteiger charge is 2.53. The van der Waals surface area contributed by atoms with Gasteiger partial charge in [0.25, 0.3) is 0 Å². The zero-order chi connectivity index (χ0) is 13.2. The number of rotatable bonds is 4.